The number of hydrogen-bond donors (Lipinski definition) is 1. The highest BCUT2D eigenvalue weighted by Gasteiger charge is 2.26. The van der Waals surface area contributed by atoms with E-state index in [-0.39, 0.29) is 18.2 Å². The number of nitrogens with one attached hydrogen (secondary N) is 1. The van der Waals surface area contributed by atoms with E-state index in [1.165, 1.54) is 11.0 Å². The number of amides is 2. The molecule has 27 heavy (non-hydrogen) atoms. The average Bonchev–Trinajstić information content (AvgIpc) is 2.65. The molecule has 0 saturated carbocycles. The lowest BCUT2D eigenvalue weighted by Gasteiger charge is -2.29. The third kappa shape index (κ3) is 5.91. The molecule has 0 aromatic heterocycles. The lowest BCUT2D eigenvalue weighted by molar-refractivity contribution is -0.140. The molecule has 0 heterocycles. The Morgan fingerprint density at radius 2 is 1.89 bits per heavy atom. The summed E-state index contributed by atoms with van der Waals surface area (Å²) in [5.41, 5.74) is 2.35. The Balaban J connectivity index is 2.23. The zero-order valence-corrected chi connectivity index (χ0v) is 16.2. The van der Waals surface area contributed by atoms with Crippen LogP contribution >= 0.6 is 0 Å². The van der Waals surface area contributed by atoms with Gasteiger partial charge in [0.25, 0.3) is 0 Å². The number of hydrogen-bond acceptors (Lipinski definition) is 2. The van der Waals surface area contributed by atoms with Crippen LogP contribution in [0.2, 0.25) is 0 Å². The average molecular weight is 370 g/mol. The molecule has 0 aliphatic carbocycles. The maximum Gasteiger partial charge on any atom is 0.242 e. The van der Waals surface area contributed by atoms with Crippen molar-refractivity contribution in [1.82, 2.24) is 10.2 Å². The van der Waals surface area contributed by atoms with Gasteiger partial charge in [-0.1, -0.05) is 55.0 Å². The van der Waals surface area contributed by atoms with Gasteiger partial charge in [0.2, 0.25) is 11.8 Å². The fourth-order valence-corrected chi connectivity index (χ4v) is 2.89. The van der Waals surface area contributed by atoms with Gasteiger partial charge in [0.1, 0.15) is 11.9 Å². The summed E-state index contributed by atoms with van der Waals surface area (Å²) < 4.78 is 14.0. The molecule has 1 atom stereocenters. The number of benzene rings is 2. The molecule has 2 aromatic carbocycles. The highest BCUT2D eigenvalue weighted by Crippen LogP contribution is 2.15. The van der Waals surface area contributed by atoms with E-state index in [0.717, 1.165) is 17.5 Å². The van der Waals surface area contributed by atoms with Crippen LogP contribution in [0.5, 0.6) is 0 Å². The lowest BCUT2D eigenvalue weighted by Crippen LogP contribution is -2.48. The number of carbonyl (C=O) groups is 2. The smallest absolute Gasteiger partial charge is 0.242 e. The molecule has 0 bridgehead atoms. The zero-order valence-electron chi connectivity index (χ0n) is 16.2. The Labute approximate surface area is 160 Å². The molecule has 2 rings (SSSR count). The summed E-state index contributed by atoms with van der Waals surface area (Å²) in [6, 6.07) is 13.4. The molecule has 4 nitrogen and oxygen atoms in total. The summed E-state index contributed by atoms with van der Waals surface area (Å²) in [6.07, 6.45) is 0.739. The van der Waals surface area contributed by atoms with E-state index in [2.05, 4.69) is 5.32 Å². The minimum Gasteiger partial charge on any atom is -0.354 e. The van der Waals surface area contributed by atoms with E-state index in [4.69, 9.17) is 0 Å². The molecule has 5 heteroatoms. The summed E-state index contributed by atoms with van der Waals surface area (Å²) in [4.78, 5) is 26.9. The molecule has 0 spiro atoms. The molecule has 0 unspecified atom stereocenters. The second-order valence-electron chi connectivity index (χ2n) is 6.75. The molecular weight excluding hydrogens is 343 g/mol. The minimum absolute atomic E-state index is 0.0795. The number of nitrogens with zero attached hydrogens (tertiary/aromatic N) is 1. The van der Waals surface area contributed by atoms with Gasteiger partial charge in [-0.15, -0.1) is 0 Å². The second-order valence-corrected chi connectivity index (χ2v) is 6.75. The number of rotatable bonds is 8. The maximum absolute atomic E-state index is 14.0. The molecule has 0 aliphatic rings. The molecule has 0 saturated heterocycles. The first kappa shape index (κ1) is 20.6. The second kappa shape index (κ2) is 9.86. The SMILES string of the molecule is CCCNC(=O)[C@H](C)N(Cc1cccc(C)c1)C(=O)Cc1ccccc1F. The molecule has 0 fully saturated rings. The lowest BCUT2D eigenvalue weighted by atomic mass is 10.1. The van der Waals surface area contributed by atoms with Crippen LogP contribution in [-0.2, 0) is 22.6 Å². The van der Waals surface area contributed by atoms with Gasteiger partial charge in [-0.25, -0.2) is 4.39 Å². The van der Waals surface area contributed by atoms with Gasteiger partial charge >= 0.3 is 0 Å². The molecule has 1 N–H and O–H groups in total. The van der Waals surface area contributed by atoms with Gasteiger partial charge in [0.05, 0.1) is 6.42 Å². The van der Waals surface area contributed by atoms with Crippen molar-refractivity contribution in [2.24, 2.45) is 0 Å². The van der Waals surface area contributed by atoms with Crippen molar-refractivity contribution in [3.05, 3.63) is 71.0 Å². The van der Waals surface area contributed by atoms with E-state index in [9.17, 15) is 14.0 Å². The van der Waals surface area contributed by atoms with Crippen LogP contribution in [0.4, 0.5) is 4.39 Å². The first-order valence-corrected chi connectivity index (χ1v) is 9.28. The van der Waals surface area contributed by atoms with Gasteiger partial charge in [0.15, 0.2) is 0 Å². The third-order valence-corrected chi connectivity index (χ3v) is 4.45. The van der Waals surface area contributed by atoms with Crippen LogP contribution < -0.4 is 5.32 Å². The quantitative estimate of drug-likeness (QED) is 0.772. The number of halogens is 1. The molecule has 0 radical (unpaired) electrons. The van der Waals surface area contributed by atoms with Crippen molar-refractivity contribution in [1.29, 1.82) is 0 Å². The topological polar surface area (TPSA) is 49.4 Å². The fourth-order valence-electron chi connectivity index (χ4n) is 2.89. The van der Waals surface area contributed by atoms with E-state index in [1.807, 2.05) is 38.1 Å². The first-order chi connectivity index (χ1) is 12.9. The van der Waals surface area contributed by atoms with E-state index < -0.39 is 11.9 Å². The van der Waals surface area contributed by atoms with Crippen molar-refractivity contribution < 1.29 is 14.0 Å². The summed E-state index contributed by atoms with van der Waals surface area (Å²) in [7, 11) is 0. The van der Waals surface area contributed by atoms with Crippen molar-refractivity contribution in [2.75, 3.05) is 6.54 Å². The van der Waals surface area contributed by atoms with Crippen LogP contribution in [0.25, 0.3) is 0 Å². The highest BCUT2D eigenvalue weighted by atomic mass is 19.1. The molecule has 2 aromatic rings. The number of aryl methyl sites for hydroxylation is 1. The Kier molecular flexibility index (Phi) is 7.53. The van der Waals surface area contributed by atoms with Crippen molar-refractivity contribution >= 4 is 11.8 Å². The van der Waals surface area contributed by atoms with Crippen molar-refractivity contribution in [3.8, 4) is 0 Å². The van der Waals surface area contributed by atoms with Crippen LogP contribution in [0.1, 0.15) is 37.0 Å². The Bertz CT molecular complexity index is 791. The summed E-state index contributed by atoms with van der Waals surface area (Å²) in [5.74, 6) is -0.892. The van der Waals surface area contributed by atoms with Crippen LogP contribution in [-0.4, -0.2) is 29.3 Å². The summed E-state index contributed by atoms with van der Waals surface area (Å²) in [6.45, 7) is 6.52. The van der Waals surface area contributed by atoms with E-state index in [1.54, 1.807) is 25.1 Å². The zero-order chi connectivity index (χ0) is 19.8. The molecular formula is C22H27FN2O2. The van der Waals surface area contributed by atoms with Crippen LogP contribution in [0.15, 0.2) is 48.5 Å². The maximum atomic E-state index is 14.0. The van der Waals surface area contributed by atoms with E-state index >= 15 is 0 Å². The molecule has 0 aliphatic heterocycles. The highest BCUT2D eigenvalue weighted by molar-refractivity contribution is 5.88. The Hall–Kier alpha value is -2.69. The van der Waals surface area contributed by atoms with E-state index in [0.29, 0.717) is 18.7 Å². The van der Waals surface area contributed by atoms with Crippen molar-refractivity contribution in [3.63, 3.8) is 0 Å². The fraction of sp³-hybridized carbons (Fsp3) is 0.364. The summed E-state index contributed by atoms with van der Waals surface area (Å²) >= 11 is 0. The van der Waals surface area contributed by atoms with Gasteiger partial charge in [-0.2, -0.15) is 0 Å². The van der Waals surface area contributed by atoms with Crippen LogP contribution in [0.3, 0.4) is 0 Å². The van der Waals surface area contributed by atoms with Crippen molar-refractivity contribution in [2.45, 2.75) is 46.2 Å². The van der Waals surface area contributed by atoms with Gasteiger partial charge in [0, 0.05) is 13.1 Å². The third-order valence-electron chi connectivity index (χ3n) is 4.45. The van der Waals surface area contributed by atoms with Gasteiger partial charge in [-0.3, -0.25) is 9.59 Å². The molecule has 2 amide bonds. The predicted octanol–water partition coefficient (Wildman–Crippen LogP) is 3.62. The van der Waals surface area contributed by atoms with Crippen LogP contribution in [0, 0.1) is 12.7 Å². The predicted molar refractivity (Wildman–Crippen MR) is 105 cm³/mol. The normalized spacial score (nSPS) is 11.7. The molecule has 144 valence electrons. The standard InChI is InChI=1S/C22H27FN2O2/c1-4-12-24-22(27)17(3)25(15-18-9-7-8-16(2)13-18)21(26)14-19-10-5-6-11-20(19)23/h5-11,13,17H,4,12,14-15H2,1-3H3,(H,24,27)/t17-/m0/s1. The first-order valence-electron chi connectivity index (χ1n) is 9.28. The Morgan fingerprint density at radius 1 is 1.15 bits per heavy atom. The minimum atomic E-state index is -0.642. The Morgan fingerprint density at radius 3 is 2.56 bits per heavy atom. The largest absolute Gasteiger partial charge is 0.354 e. The summed E-state index contributed by atoms with van der Waals surface area (Å²) in [5, 5.41) is 2.83. The van der Waals surface area contributed by atoms with Gasteiger partial charge < -0.3 is 10.2 Å². The monoisotopic (exact) mass is 370 g/mol. The van der Waals surface area contributed by atoms with Gasteiger partial charge in [-0.05, 0) is 37.5 Å². The number of carbonyl (C=O) groups excluding carboxylic acids is 2.